The number of nitrogens with zero attached hydrogens (tertiary/aromatic N) is 2. The molecular formula is C11H18N4S2. The van der Waals surface area contributed by atoms with E-state index in [1.807, 2.05) is 11.8 Å². The second-order valence-corrected chi connectivity index (χ2v) is 5.48. The molecule has 0 aromatic carbocycles. The van der Waals surface area contributed by atoms with Crippen molar-refractivity contribution in [3.8, 4) is 0 Å². The first-order valence-electron chi connectivity index (χ1n) is 5.60. The van der Waals surface area contributed by atoms with Gasteiger partial charge in [0.25, 0.3) is 0 Å². The van der Waals surface area contributed by atoms with Gasteiger partial charge in [0.05, 0.1) is 0 Å². The molecule has 0 radical (unpaired) electrons. The molecule has 1 unspecified atom stereocenters. The Labute approximate surface area is 112 Å². The zero-order valence-electron chi connectivity index (χ0n) is 10.1. The van der Waals surface area contributed by atoms with E-state index in [1.54, 1.807) is 12.4 Å². The SMILES string of the molecule is CCSCCC(C)Nc1nccnc1C(N)=S. The van der Waals surface area contributed by atoms with E-state index < -0.39 is 0 Å². The summed E-state index contributed by atoms with van der Waals surface area (Å²) in [4.78, 5) is 8.63. The molecule has 1 atom stereocenters. The van der Waals surface area contributed by atoms with E-state index in [0.717, 1.165) is 17.9 Å². The molecule has 0 amide bonds. The standard InChI is InChI=1S/C11H18N4S2/c1-3-17-7-4-8(2)15-11-9(10(12)16)13-5-6-14-11/h5-6,8H,3-4,7H2,1-2H3,(H2,12,16)(H,14,15). The molecule has 1 heterocycles. The zero-order chi connectivity index (χ0) is 12.7. The summed E-state index contributed by atoms with van der Waals surface area (Å²) in [6, 6.07) is 0.332. The fourth-order valence-electron chi connectivity index (χ4n) is 1.33. The highest BCUT2D eigenvalue weighted by Crippen LogP contribution is 2.12. The maximum Gasteiger partial charge on any atom is 0.155 e. The number of nitrogens with one attached hydrogen (secondary N) is 1. The van der Waals surface area contributed by atoms with Gasteiger partial charge in [0.2, 0.25) is 0 Å². The van der Waals surface area contributed by atoms with Crippen LogP contribution in [0, 0.1) is 0 Å². The number of rotatable bonds is 7. The summed E-state index contributed by atoms with van der Waals surface area (Å²) < 4.78 is 0. The van der Waals surface area contributed by atoms with Gasteiger partial charge in [-0.05, 0) is 24.9 Å². The fourth-order valence-corrected chi connectivity index (χ4v) is 2.29. The Morgan fingerprint density at radius 3 is 2.88 bits per heavy atom. The van der Waals surface area contributed by atoms with Gasteiger partial charge in [-0.3, -0.25) is 0 Å². The number of hydrogen-bond donors (Lipinski definition) is 2. The molecule has 0 saturated heterocycles. The van der Waals surface area contributed by atoms with Gasteiger partial charge < -0.3 is 11.1 Å². The summed E-state index contributed by atoms with van der Waals surface area (Å²) in [7, 11) is 0. The van der Waals surface area contributed by atoms with Gasteiger partial charge >= 0.3 is 0 Å². The van der Waals surface area contributed by atoms with Crippen LogP contribution in [0.5, 0.6) is 0 Å². The Hall–Kier alpha value is -0.880. The van der Waals surface area contributed by atoms with Crippen molar-refractivity contribution < 1.29 is 0 Å². The maximum absolute atomic E-state index is 5.60. The van der Waals surface area contributed by atoms with Crippen LogP contribution in [0.3, 0.4) is 0 Å². The molecule has 0 fully saturated rings. The summed E-state index contributed by atoms with van der Waals surface area (Å²) in [6.45, 7) is 4.28. The Morgan fingerprint density at radius 2 is 2.24 bits per heavy atom. The van der Waals surface area contributed by atoms with E-state index in [1.165, 1.54) is 0 Å². The Bertz CT molecular complexity index is 370. The Kier molecular flexibility index (Phi) is 6.21. The number of thiocarbonyl (C=S) groups is 1. The third kappa shape index (κ3) is 4.87. The average molecular weight is 270 g/mol. The highest BCUT2D eigenvalue weighted by Gasteiger charge is 2.10. The molecule has 17 heavy (non-hydrogen) atoms. The van der Waals surface area contributed by atoms with Gasteiger partial charge in [0, 0.05) is 18.4 Å². The lowest BCUT2D eigenvalue weighted by Crippen LogP contribution is -2.22. The van der Waals surface area contributed by atoms with Gasteiger partial charge in [-0.25, -0.2) is 9.97 Å². The number of nitrogens with two attached hydrogens (primary N) is 1. The van der Waals surface area contributed by atoms with Crippen LogP contribution in [0.25, 0.3) is 0 Å². The van der Waals surface area contributed by atoms with Crippen LogP contribution in [0.15, 0.2) is 12.4 Å². The highest BCUT2D eigenvalue weighted by atomic mass is 32.2. The normalized spacial score (nSPS) is 12.1. The van der Waals surface area contributed by atoms with E-state index >= 15 is 0 Å². The van der Waals surface area contributed by atoms with Crippen molar-refractivity contribution >= 4 is 34.8 Å². The van der Waals surface area contributed by atoms with Crippen LogP contribution in [-0.4, -0.2) is 32.5 Å². The van der Waals surface area contributed by atoms with Crippen molar-refractivity contribution in [2.45, 2.75) is 26.3 Å². The van der Waals surface area contributed by atoms with E-state index in [-0.39, 0.29) is 4.99 Å². The fraction of sp³-hybridized carbons (Fsp3) is 0.545. The lowest BCUT2D eigenvalue weighted by molar-refractivity contribution is 0.765. The van der Waals surface area contributed by atoms with E-state index in [4.69, 9.17) is 18.0 Å². The first-order chi connectivity index (χ1) is 8.15. The molecule has 0 spiro atoms. The van der Waals surface area contributed by atoms with Gasteiger partial charge in [-0.15, -0.1) is 0 Å². The average Bonchev–Trinajstić information content (AvgIpc) is 2.29. The minimum atomic E-state index is 0.274. The molecule has 0 aliphatic carbocycles. The van der Waals surface area contributed by atoms with Crippen LogP contribution in [0.4, 0.5) is 5.82 Å². The topological polar surface area (TPSA) is 63.8 Å². The van der Waals surface area contributed by atoms with Gasteiger partial charge in [0.15, 0.2) is 5.82 Å². The van der Waals surface area contributed by atoms with Crippen molar-refractivity contribution in [3.05, 3.63) is 18.1 Å². The molecule has 1 aromatic rings. The predicted molar refractivity (Wildman–Crippen MR) is 78.6 cm³/mol. The first-order valence-corrected chi connectivity index (χ1v) is 7.16. The molecule has 3 N–H and O–H groups in total. The summed E-state index contributed by atoms with van der Waals surface area (Å²) in [5.41, 5.74) is 6.16. The Balaban J connectivity index is 2.58. The van der Waals surface area contributed by atoms with E-state index in [2.05, 4.69) is 29.1 Å². The number of anilines is 1. The number of aromatic nitrogens is 2. The smallest absolute Gasteiger partial charge is 0.155 e. The lowest BCUT2D eigenvalue weighted by atomic mass is 10.2. The summed E-state index contributed by atoms with van der Waals surface area (Å²) >= 11 is 6.87. The summed E-state index contributed by atoms with van der Waals surface area (Å²) in [6.07, 6.45) is 4.31. The van der Waals surface area contributed by atoms with Gasteiger partial charge in [-0.2, -0.15) is 11.8 Å². The van der Waals surface area contributed by atoms with Crippen molar-refractivity contribution in [3.63, 3.8) is 0 Å². The van der Waals surface area contributed by atoms with Crippen LogP contribution >= 0.6 is 24.0 Å². The second-order valence-electron chi connectivity index (χ2n) is 3.65. The third-order valence-corrected chi connectivity index (χ3v) is 3.34. The van der Waals surface area contributed by atoms with Crippen LogP contribution in [0.2, 0.25) is 0 Å². The molecule has 0 saturated carbocycles. The third-order valence-electron chi connectivity index (χ3n) is 2.21. The van der Waals surface area contributed by atoms with Crippen LogP contribution in [0.1, 0.15) is 26.0 Å². The monoisotopic (exact) mass is 270 g/mol. The highest BCUT2D eigenvalue weighted by molar-refractivity contribution is 7.99. The summed E-state index contributed by atoms with van der Waals surface area (Å²) in [5, 5.41) is 3.30. The molecule has 1 rings (SSSR count). The molecule has 0 bridgehead atoms. The summed E-state index contributed by atoms with van der Waals surface area (Å²) in [5.74, 6) is 2.96. The van der Waals surface area contributed by atoms with Crippen molar-refractivity contribution in [2.24, 2.45) is 5.73 Å². The molecule has 94 valence electrons. The molecule has 1 aromatic heterocycles. The largest absolute Gasteiger partial charge is 0.388 e. The molecule has 4 nitrogen and oxygen atoms in total. The zero-order valence-corrected chi connectivity index (χ0v) is 11.8. The molecule has 6 heteroatoms. The van der Waals surface area contributed by atoms with E-state index in [9.17, 15) is 0 Å². The molecule has 0 aliphatic rings. The van der Waals surface area contributed by atoms with Crippen LogP contribution < -0.4 is 11.1 Å². The minimum Gasteiger partial charge on any atom is -0.388 e. The lowest BCUT2D eigenvalue weighted by Gasteiger charge is -2.15. The van der Waals surface area contributed by atoms with Gasteiger partial charge in [-0.1, -0.05) is 19.1 Å². The van der Waals surface area contributed by atoms with Crippen molar-refractivity contribution in [2.75, 3.05) is 16.8 Å². The minimum absolute atomic E-state index is 0.274. The molecule has 0 aliphatic heterocycles. The van der Waals surface area contributed by atoms with Crippen LogP contribution in [-0.2, 0) is 0 Å². The number of thioether (sulfide) groups is 1. The quantitative estimate of drug-likeness (QED) is 0.584. The maximum atomic E-state index is 5.60. The number of hydrogen-bond acceptors (Lipinski definition) is 5. The van der Waals surface area contributed by atoms with Crippen molar-refractivity contribution in [1.82, 2.24) is 9.97 Å². The predicted octanol–water partition coefficient (Wildman–Crippen LogP) is 2.05. The van der Waals surface area contributed by atoms with E-state index in [0.29, 0.717) is 17.6 Å². The Morgan fingerprint density at radius 1 is 1.53 bits per heavy atom. The first kappa shape index (κ1) is 14.2. The van der Waals surface area contributed by atoms with Crippen molar-refractivity contribution in [1.29, 1.82) is 0 Å². The molecular weight excluding hydrogens is 252 g/mol. The van der Waals surface area contributed by atoms with Gasteiger partial charge in [0.1, 0.15) is 10.7 Å². The second kappa shape index (κ2) is 7.45.